The van der Waals surface area contributed by atoms with Gasteiger partial charge in [0.2, 0.25) is 11.7 Å². The van der Waals surface area contributed by atoms with Crippen LogP contribution in [0.15, 0.2) is 42.5 Å². The van der Waals surface area contributed by atoms with Crippen LogP contribution < -0.4 is 10.6 Å². The zero-order valence-electron chi connectivity index (χ0n) is 16.7. The van der Waals surface area contributed by atoms with E-state index in [0.29, 0.717) is 11.6 Å². The van der Waals surface area contributed by atoms with Gasteiger partial charge in [-0.05, 0) is 30.0 Å². The second kappa shape index (κ2) is 7.77. The fourth-order valence-electron chi connectivity index (χ4n) is 4.19. The molecule has 0 saturated heterocycles. The van der Waals surface area contributed by atoms with Gasteiger partial charge < -0.3 is 10.6 Å². The Morgan fingerprint density at radius 3 is 2.75 bits per heavy atom. The Bertz CT molecular complexity index is 1210. The fraction of sp³-hybridized carbons (Fsp3) is 0.273. The van der Waals surface area contributed by atoms with Crippen molar-refractivity contribution in [2.24, 2.45) is 0 Å². The molecule has 3 aromatic rings. The van der Waals surface area contributed by atoms with Crippen molar-refractivity contribution in [2.75, 3.05) is 5.32 Å². The largest absolute Gasteiger partial charge is 0.337 e. The van der Waals surface area contributed by atoms with Gasteiger partial charge in [-0.15, -0.1) is 5.10 Å². The Morgan fingerprint density at radius 1 is 1.19 bits per heavy atom. The number of alkyl halides is 1. The fourth-order valence-corrected chi connectivity index (χ4v) is 4.19. The molecule has 3 unspecified atom stereocenters. The Kier molecular flexibility index (Phi) is 4.91. The average Bonchev–Trinajstić information content (AvgIpc) is 3.29. The quantitative estimate of drug-likeness (QED) is 0.653. The molecule has 10 heteroatoms. The Balaban J connectivity index is 1.35. The van der Waals surface area contributed by atoms with Gasteiger partial charge in [0.05, 0.1) is 11.7 Å². The number of hydrogen-bond donors (Lipinski definition) is 2. The first kappa shape index (κ1) is 20.2. The summed E-state index contributed by atoms with van der Waals surface area (Å²) in [6.45, 7) is 0. The molecule has 1 aromatic heterocycles. The maximum absolute atomic E-state index is 14.5. The summed E-state index contributed by atoms with van der Waals surface area (Å²) >= 11 is 0. The highest BCUT2D eigenvalue weighted by Gasteiger charge is 2.37. The minimum Gasteiger partial charge on any atom is -0.337 e. The molecule has 32 heavy (non-hydrogen) atoms. The second-order valence-corrected chi connectivity index (χ2v) is 7.84. The third-order valence-electron chi connectivity index (χ3n) is 5.76. The molecule has 2 N–H and O–H groups in total. The van der Waals surface area contributed by atoms with Gasteiger partial charge in [-0.2, -0.15) is 0 Å². The lowest BCUT2D eigenvalue weighted by Crippen LogP contribution is -2.43. The SMILES string of the molecule is O=C(NC1CCc2cc(F)cc(F)c2NC1=O)c1nc2n(n1)C(c1ccccc1)CC2F. The summed E-state index contributed by atoms with van der Waals surface area (Å²) in [6, 6.07) is 9.66. The van der Waals surface area contributed by atoms with Gasteiger partial charge >= 0.3 is 0 Å². The van der Waals surface area contributed by atoms with Crippen LogP contribution in [0.2, 0.25) is 0 Å². The summed E-state index contributed by atoms with van der Waals surface area (Å²) in [4.78, 5) is 29.3. The number of hydrogen-bond acceptors (Lipinski definition) is 4. The molecule has 2 aromatic carbocycles. The molecule has 7 nitrogen and oxygen atoms in total. The highest BCUT2D eigenvalue weighted by molar-refractivity contribution is 6.00. The van der Waals surface area contributed by atoms with Gasteiger partial charge in [0.25, 0.3) is 5.91 Å². The van der Waals surface area contributed by atoms with Crippen molar-refractivity contribution in [3.8, 4) is 0 Å². The topological polar surface area (TPSA) is 88.9 Å². The van der Waals surface area contributed by atoms with Crippen molar-refractivity contribution < 1.29 is 22.8 Å². The van der Waals surface area contributed by atoms with Crippen LogP contribution in [0.1, 0.15) is 52.6 Å². The zero-order valence-corrected chi connectivity index (χ0v) is 16.7. The smallest absolute Gasteiger partial charge is 0.291 e. The number of carbonyl (C=O) groups is 2. The number of carbonyl (C=O) groups excluding carboxylic acids is 2. The lowest BCUT2D eigenvalue weighted by molar-refractivity contribution is -0.118. The minimum atomic E-state index is -1.37. The molecule has 3 heterocycles. The Labute approximate surface area is 180 Å². The van der Waals surface area contributed by atoms with Gasteiger partial charge in [0.15, 0.2) is 12.0 Å². The maximum atomic E-state index is 14.5. The van der Waals surface area contributed by atoms with Crippen LogP contribution in [0.25, 0.3) is 0 Å². The number of benzene rings is 2. The summed E-state index contributed by atoms with van der Waals surface area (Å²) in [5, 5.41) is 9.11. The maximum Gasteiger partial charge on any atom is 0.291 e. The molecule has 0 radical (unpaired) electrons. The Hall–Kier alpha value is -3.69. The molecule has 0 aliphatic carbocycles. The van der Waals surface area contributed by atoms with Crippen molar-refractivity contribution in [3.05, 3.63) is 76.9 Å². The van der Waals surface area contributed by atoms with E-state index in [1.807, 2.05) is 30.3 Å². The average molecular weight is 441 g/mol. The first-order valence-electron chi connectivity index (χ1n) is 10.2. The van der Waals surface area contributed by atoms with E-state index in [2.05, 4.69) is 20.7 Å². The molecule has 2 amide bonds. The number of aromatic nitrogens is 3. The van der Waals surface area contributed by atoms with E-state index in [0.717, 1.165) is 11.6 Å². The van der Waals surface area contributed by atoms with Crippen molar-refractivity contribution >= 4 is 17.5 Å². The van der Waals surface area contributed by atoms with E-state index in [-0.39, 0.29) is 42.6 Å². The molecule has 0 fully saturated rings. The van der Waals surface area contributed by atoms with E-state index in [4.69, 9.17) is 0 Å². The lowest BCUT2D eigenvalue weighted by atomic mass is 10.0. The highest BCUT2D eigenvalue weighted by Crippen LogP contribution is 2.39. The second-order valence-electron chi connectivity index (χ2n) is 7.84. The summed E-state index contributed by atoms with van der Waals surface area (Å²) in [6.07, 6.45) is -0.905. The van der Waals surface area contributed by atoms with E-state index < -0.39 is 35.7 Å². The summed E-state index contributed by atoms with van der Waals surface area (Å²) in [5.74, 6) is -3.21. The van der Waals surface area contributed by atoms with E-state index in [1.165, 1.54) is 4.68 Å². The number of fused-ring (bicyclic) bond motifs is 2. The first-order chi connectivity index (χ1) is 15.4. The van der Waals surface area contributed by atoms with Crippen LogP contribution in [0, 0.1) is 11.6 Å². The monoisotopic (exact) mass is 441 g/mol. The third-order valence-corrected chi connectivity index (χ3v) is 5.76. The van der Waals surface area contributed by atoms with Crippen LogP contribution in [0.3, 0.4) is 0 Å². The van der Waals surface area contributed by atoms with Gasteiger partial charge in [-0.3, -0.25) is 9.59 Å². The van der Waals surface area contributed by atoms with Gasteiger partial charge in [-0.25, -0.2) is 22.8 Å². The van der Waals surface area contributed by atoms with Gasteiger partial charge in [-0.1, -0.05) is 30.3 Å². The normalized spacial score (nSPS) is 22.0. The van der Waals surface area contributed by atoms with Crippen molar-refractivity contribution in [1.82, 2.24) is 20.1 Å². The van der Waals surface area contributed by atoms with Crippen LogP contribution >= 0.6 is 0 Å². The molecule has 2 aliphatic heterocycles. The first-order valence-corrected chi connectivity index (χ1v) is 10.2. The van der Waals surface area contributed by atoms with Gasteiger partial charge in [0.1, 0.15) is 17.7 Å². The molecule has 0 bridgehead atoms. The molecule has 0 spiro atoms. The number of nitrogens with one attached hydrogen (secondary N) is 2. The van der Waals surface area contributed by atoms with Crippen LogP contribution in [-0.4, -0.2) is 32.6 Å². The van der Waals surface area contributed by atoms with Gasteiger partial charge in [0, 0.05) is 12.5 Å². The predicted molar refractivity (Wildman–Crippen MR) is 108 cm³/mol. The number of nitrogens with zero attached hydrogens (tertiary/aromatic N) is 3. The molecule has 5 rings (SSSR count). The van der Waals surface area contributed by atoms with E-state index in [9.17, 15) is 22.8 Å². The summed E-state index contributed by atoms with van der Waals surface area (Å²) in [7, 11) is 0. The van der Waals surface area contributed by atoms with Crippen molar-refractivity contribution in [2.45, 2.75) is 37.5 Å². The summed E-state index contributed by atoms with van der Waals surface area (Å²) < 4.78 is 43.5. The zero-order chi connectivity index (χ0) is 22.4. The van der Waals surface area contributed by atoms with Crippen LogP contribution in [0.5, 0.6) is 0 Å². The van der Waals surface area contributed by atoms with E-state index >= 15 is 0 Å². The predicted octanol–water partition coefficient (Wildman–Crippen LogP) is 3.24. The molecule has 2 aliphatic rings. The minimum absolute atomic E-state index is 0.0549. The number of halogens is 3. The van der Waals surface area contributed by atoms with Crippen molar-refractivity contribution in [3.63, 3.8) is 0 Å². The number of anilines is 1. The Morgan fingerprint density at radius 2 is 1.97 bits per heavy atom. The van der Waals surface area contributed by atoms with Crippen LogP contribution in [0.4, 0.5) is 18.9 Å². The highest BCUT2D eigenvalue weighted by atomic mass is 19.1. The number of aryl methyl sites for hydroxylation is 1. The van der Waals surface area contributed by atoms with Crippen molar-refractivity contribution in [1.29, 1.82) is 0 Å². The number of rotatable bonds is 3. The van der Waals surface area contributed by atoms with Crippen LogP contribution in [-0.2, 0) is 11.2 Å². The lowest BCUT2D eigenvalue weighted by Gasteiger charge is -2.14. The standard InChI is InChI=1S/C22H18F3N5O2/c23-13-8-12-6-7-16(21(31)27-18(12)14(24)9-13)26-22(32)19-28-20-15(25)10-17(30(20)29-19)11-4-2-1-3-5-11/h1-5,8-9,15-17H,6-7,10H2,(H,26,32)(H,27,31). The third kappa shape index (κ3) is 3.51. The number of amides is 2. The molecule has 0 saturated carbocycles. The molecular weight excluding hydrogens is 423 g/mol. The van der Waals surface area contributed by atoms with E-state index in [1.54, 1.807) is 0 Å². The molecular formula is C22H18F3N5O2. The molecule has 164 valence electrons. The summed E-state index contributed by atoms with van der Waals surface area (Å²) in [5.41, 5.74) is 1.05. The molecule has 3 atom stereocenters.